The van der Waals surface area contributed by atoms with Crippen LogP contribution in [0.1, 0.15) is 39.9 Å². The number of aryl methyl sites for hydroxylation is 3. The molecule has 6 nitrogen and oxygen atoms in total. The SMILES string of the molecule is Cc1ccc(C(=O)CCC(=O)Nc2ccc(C)c(S(N)(=O)=O)c2)cc1C. The number of sulfonamides is 1. The van der Waals surface area contributed by atoms with Gasteiger partial charge in [0.05, 0.1) is 4.90 Å². The van der Waals surface area contributed by atoms with Crippen LogP contribution >= 0.6 is 0 Å². The quantitative estimate of drug-likeness (QED) is 0.758. The summed E-state index contributed by atoms with van der Waals surface area (Å²) in [6.45, 7) is 5.52. The Bertz CT molecular complexity index is 965. The number of benzene rings is 2. The van der Waals surface area contributed by atoms with Crippen molar-refractivity contribution in [3.05, 3.63) is 58.7 Å². The lowest BCUT2D eigenvalue weighted by molar-refractivity contribution is -0.116. The number of primary sulfonamides is 1. The molecule has 0 heterocycles. The number of nitrogens with two attached hydrogens (primary N) is 1. The number of hydrogen-bond donors (Lipinski definition) is 2. The van der Waals surface area contributed by atoms with E-state index in [4.69, 9.17) is 5.14 Å². The second-order valence-electron chi connectivity index (χ2n) is 6.30. The molecule has 26 heavy (non-hydrogen) atoms. The van der Waals surface area contributed by atoms with Gasteiger partial charge in [0.1, 0.15) is 0 Å². The largest absolute Gasteiger partial charge is 0.326 e. The van der Waals surface area contributed by atoms with Gasteiger partial charge in [-0.15, -0.1) is 0 Å². The maximum Gasteiger partial charge on any atom is 0.238 e. The molecular formula is C19H22N2O4S. The molecule has 0 unspecified atom stereocenters. The summed E-state index contributed by atoms with van der Waals surface area (Å²) in [4.78, 5) is 24.3. The number of rotatable bonds is 6. The van der Waals surface area contributed by atoms with Gasteiger partial charge in [-0.2, -0.15) is 0 Å². The number of hydrogen-bond acceptors (Lipinski definition) is 4. The number of ketones is 1. The van der Waals surface area contributed by atoms with E-state index in [1.807, 2.05) is 26.0 Å². The third-order valence-electron chi connectivity index (χ3n) is 4.19. The molecule has 0 fully saturated rings. The van der Waals surface area contributed by atoms with Crippen LogP contribution in [0.5, 0.6) is 0 Å². The Hall–Kier alpha value is -2.51. The summed E-state index contributed by atoms with van der Waals surface area (Å²) in [5.41, 5.74) is 3.52. The van der Waals surface area contributed by atoms with Gasteiger partial charge in [0.2, 0.25) is 15.9 Å². The number of nitrogens with one attached hydrogen (secondary N) is 1. The van der Waals surface area contributed by atoms with E-state index >= 15 is 0 Å². The number of Topliss-reactive ketones (excluding diaryl/α,β-unsaturated/α-hetero) is 1. The summed E-state index contributed by atoms with van der Waals surface area (Å²) in [5.74, 6) is -0.483. The zero-order valence-corrected chi connectivity index (χ0v) is 15.8. The van der Waals surface area contributed by atoms with E-state index in [9.17, 15) is 18.0 Å². The summed E-state index contributed by atoms with van der Waals surface area (Å²) < 4.78 is 23.1. The van der Waals surface area contributed by atoms with Gasteiger partial charge in [0, 0.05) is 24.1 Å². The molecule has 2 rings (SSSR count). The van der Waals surface area contributed by atoms with Crippen LogP contribution in [0.4, 0.5) is 5.69 Å². The lowest BCUT2D eigenvalue weighted by Crippen LogP contribution is -2.16. The maximum absolute atomic E-state index is 12.2. The fourth-order valence-electron chi connectivity index (χ4n) is 2.49. The highest BCUT2D eigenvalue weighted by atomic mass is 32.2. The molecule has 3 N–H and O–H groups in total. The van der Waals surface area contributed by atoms with Gasteiger partial charge < -0.3 is 5.32 Å². The van der Waals surface area contributed by atoms with Crippen LogP contribution < -0.4 is 10.5 Å². The molecule has 7 heteroatoms. The molecule has 1 amide bonds. The van der Waals surface area contributed by atoms with Crippen LogP contribution in [0.25, 0.3) is 0 Å². The van der Waals surface area contributed by atoms with Crippen LogP contribution in [0.3, 0.4) is 0 Å². The first kappa shape index (κ1) is 19.8. The summed E-state index contributed by atoms with van der Waals surface area (Å²) in [6, 6.07) is 9.91. The van der Waals surface area contributed by atoms with Crippen LogP contribution in [0, 0.1) is 20.8 Å². The van der Waals surface area contributed by atoms with Crippen molar-refractivity contribution in [3.8, 4) is 0 Å². The van der Waals surface area contributed by atoms with Crippen molar-refractivity contribution < 1.29 is 18.0 Å². The summed E-state index contributed by atoms with van der Waals surface area (Å²) in [5, 5.41) is 7.76. The van der Waals surface area contributed by atoms with Crippen molar-refractivity contribution in [2.75, 3.05) is 5.32 Å². The molecule has 0 radical (unpaired) electrons. The minimum absolute atomic E-state index is 0.00431. The molecule has 0 atom stereocenters. The summed E-state index contributed by atoms with van der Waals surface area (Å²) in [6.07, 6.45) is 0.0760. The second kappa shape index (κ2) is 7.80. The Morgan fingerprint density at radius 2 is 1.58 bits per heavy atom. The Morgan fingerprint density at radius 3 is 2.19 bits per heavy atom. The normalized spacial score (nSPS) is 11.2. The molecule has 0 bridgehead atoms. The molecular weight excluding hydrogens is 352 g/mol. The van der Waals surface area contributed by atoms with E-state index in [-0.39, 0.29) is 29.4 Å². The Kier molecular flexibility index (Phi) is 5.94. The van der Waals surface area contributed by atoms with Gasteiger partial charge in [0.25, 0.3) is 0 Å². The molecule has 0 aromatic heterocycles. The van der Waals surface area contributed by atoms with Gasteiger partial charge >= 0.3 is 0 Å². The maximum atomic E-state index is 12.2. The van der Waals surface area contributed by atoms with E-state index < -0.39 is 10.0 Å². The van der Waals surface area contributed by atoms with Crippen molar-refractivity contribution in [3.63, 3.8) is 0 Å². The zero-order chi connectivity index (χ0) is 19.5. The number of carbonyl (C=O) groups is 2. The monoisotopic (exact) mass is 374 g/mol. The van der Waals surface area contributed by atoms with Crippen molar-refractivity contribution in [2.24, 2.45) is 5.14 Å². The average Bonchev–Trinajstić information content (AvgIpc) is 2.56. The van der Waals surface area contributed by atoms with E-state index in [0.717, 1.165) is 11.1 Å². The van der Waals surface area contributed by atoms with Crippen LogP contribution in [-0.2, 0) is 14.8 Å². The Labute approximate surface area is 153 Å². The Balaban J connectivity index is 2.01. The van der Waals surface area contributed by atoms with Crippen molar-refractivity contribution >= 4 is 27.4 Å². The number of amides is 1. The molecule has 2 aromatic carbocycles. The fourth-order valence-corrected chi connectivity index (χ4v) is 3.30. The Morgan fingerprint density at radius 1 is 0.923 bits per heavy atom. The first-order chi connectivity index (χ1) is 12.1. The fraction of sp³-hybridized carbons (Fsp3) is 0.263. The van der Waals surface area contributed by atoms with Gasteiger partial charge in [-0.25, -0.2) is 13.6 Å². The van der Waals surface area contributed by atoms with Crippen LogP contribution in [0.2, 0.25) is 0 Å². The van der Waals surface area contributed by atoms with Gasteiger partial charge in [-0.3, -0.25) is 9.59 Å². The van der Waals surface area contributed by atoms with E-state index in [0.29, 0.717) is 16.8 Å². The zero-order valence-electron chi connectivity index (χ0n) is 15.0. The predicted octanol–water partition coefficient (Wildman–Crippen LogP) is 2.86. The molecule has 138 valence electrons. The van der Waals surface area contributed by atoms with Gasteiger partial charge in [0.15, 0.2) is 5.78 Å². The smallest absolute Gasteiger partial charge is 0.238 e. The third kappa shape index (κ3) is 5.00. The van der Waals surface area contributed by atoms with Crippen molar-refractivity contribution in [1.82, 2.24) is 0 Å². The average molecular weight is 374 g/mol. The molecule has 0 aliphatic rings. The molecule has 0 saturated heterocycles. The van der Waals surface area contributed by atoms with Gasteiger partial charge in [-0.1, -0.05) is 18.2 Å². The summed E-state index contributed by atoms with van der Waals surface area (Å²) in [7, 11) is -3.87. The number of carbonyl (C=O) groups excluding carboxylic acids is 2. The molecule has 0 spiro atoms. The first-order valence-corrected chi connectivity index (χ1v) is 9.66. The minimum Gasteiger partial charge on any atom is -0.326 e. The standard InChI is InChI=1S/C19H22N2O4S/c1-12-4-6-15(10-14(12)3)17(22)8-9-19(23)21-16-7-5-13(2)18(11-16)26(20,24)25/h4-7,10-11H,8-9H2,1-3H3,(H,21,23)(H2,20,24,25). The number of anilines is 1. The molecule has 0 aliphatic carbocycles. The van der Waals surface area contributed by atoms with E-state index in [1.54, 1.807) is 25.1 Å². The van der Waals surface area contributed by atoms with Gasteiger partial charge in [-0.05, 0) is 55.7 Å². The predicted molar refractivity (Wildman–Crippen MR) is 101 cm³/mol. The lowest BCUT2D eigenvalue weighted by Gasteiger charge is -2.09. The summed E-state index contributed by atoms with van der Waals surface area (Å²) >= 11 is 0. The van der Waals surface area contributed by atoms with E-state index in [2.05, 4.69) is 5.32 Å². The second-order valence-corrected chi connectivity index (χ2v) is 7.83. The topological polar surface area (TPSA) is 106 Å². The highest BCUT2D eigenvalue weighted by Crippen LogP contribution is 2.19. The van der Waals surface area contributed by atoms with Crippen LogP contribution in [0.15, 0.2) is 41.3 Å². The minimum atomic E-state index is -3.87. The third-order valence-corrected chi connectivity index (χ3v) is 5.24. The van der Waals surface area contributed by atoms with Crippen molar-refractivity contribution in [1.29, 1.82) is 0 Å². The van der Waals surface area contributed by atoms with Crippen molar-refractivity contribution in [2.45, 2.75) is 38.5 Å². The molecule has 0 aliphatic heterocycles. The first-order valence-electron chi connectivity index (χ1n) is 8.11. The lowest BCUT2D eigenvalue weighted by atomic mass is 10.0. The molecule has 2 aromatic rings. The van der Waals surface area contributed by atoms with E-state index in [1.165, 1.54) is 6.07 Å². The molecule has 0 saturated carbocycles. The highest BCUT2D eigenvalue weighted by Gasteiger charge is 2.14. The highest BCUT2D eigenvalue weighted by molar-refractivity contribution is 7.89. The van der Waals surface area contributed by atoms with Crippen LogP contribution in [-0.4, -0.2) is 20.1 Å².